The maximum Gasteiger partial charge on any atom is 0.282 e. The molecule has 10 heteroatoms. The van der Waals surface area contributed by atoms with Crippen LogP contribution in [0.4, 0.5) is 11.4 Å². The Kier molecular flexibility index (Phi) is 5.37. The minimum atomic E-state index is -1.13. The summed E-state index contributed by atoms with van der Waals surface area (Å²) < 4.78 is 1.65. The lowest BCUT2D eigenvalue weighted by atomic mass is 9.86. The predicted molar refractivity (Wildman–Crippen MR) is 131 cm³/mol. The Bertz CT molecular complexity index is 1420. The van der Waals surface area contributed by atoms with Crippen molar-refractivity contribution in [3.05, 3.63) is 102 Å². The van der Waals surface area contributed by atoms with Crippen LogP contribution in [0.3, 0.4) is 0 Å². The van der Waals surface area contributed by atoms with Crippen molar-refractivity contribution >= 4 is 61.0 Å². The van der Waals surface area contributed by atoms with Crippen molar-refractivity contribution < 1.29 is 19.3 Å². The number of nitro benzene ring substituents is 1. The van der Waals surface area contributed by atoms with Gasteiger partial charge in [0.1, 0.15) is 11.6 Å². The van der Waals surface area contributed by atoms with Gasteiger partial charge in [0.15, 0.2) is 0 Å². The fourth-order valence-electron chi connectivity index (χ4n) is 4.50. The smallest absolute Gasteiger partial charge is 0.282 e. The van der Waals surface area contributed by atoms with Crippen LogP contribution in [-0.2, 0) is 4.79 Å². The maximum atomic E-state index is 13.5. The van der Waals surface area contributed by atoms with Crippen LogP contribution in [0.2, 0.25) is 0 Å². The number of rotatable bonds is 4. The van der Waals surface area contributed by atoms with E-state index >= 15 is 0 Å². The van der Waals surface area contributed by atoms with Gasteiger partial charge in [-0.2, -0.15) is 0 Å². The molecular formula is C24H15Br2N3O5. The molecule has 2 atom stereocenters. The third-order valence-corrected chi connectivity index (χ3v) is 7.46. The van der Waals surface area contributed by atoms with Gasteiger partial charge in [0, 0.05) is 20.7 Å². The standard InChI is InChI=1S/C24H15Br2N3O5/c1-12-10-15(8-9-17(12)26)27-20(13-4-2-5-14(25)11-13)21(24(27)32)28-22(30)16-6-3-7-18(29(33)34)19(16)23(28)31/h2-11,20-21H,1H3/t20-,21+/m0/s1. The van der Waals surface area contributed by atoms with Crippen LogP contribution in [0.15, 0.2) is 69.6 Å². The zero-order valence-electron chi connectivity index (χ0n) is 17.6. The number of benzene rings is 3. The van der Waals surface area contributed by atoms with Gasteiger partial charge in [0.2, 0.25) is 0 Å². The summed E-state index contributed by atoms with van der Waals surface area (Å²) in [7, 11) is 0. The molecule has 8 nitrogen and oxygen atoms in total. The van der Waals surface area contributed by atoms with E-state index in [4.69, 9.17) is 0 Å². The van der Waals surface area contributed by atoms with Crippen molar-refractivity contribution in [2.24, 2.45) is 0 Å². The van der Waals surface area contributed by atoms with Crippen molar-refractivity contribution in [1.82, 2.24) is 4.90 Å². The summed E-state index contributed by atoms with van der Waals surface area (Å²) >= 11 is 6.90. The monoisotopic (exact) mass is 583 g/mol. The minimum absolute atomic E-state index is 0.0714. The highest BCUT2D eigenvalue weighted by Gasteiger charge is 2.58. The largest absolute Gasteiger partial charge is 0.300 e. The number of carbonyl (C=O) groups excluding carboxylic acids is 3. The van der Waals surface area contributed by atoms with Crippen LogP contribution in [0, 0.1) is 17.0 Å². The summed E-state index contributed by atoms with van der Waals surface area (Å²) in [4.78, 5) is 53.3. The highest BCUT2D eigenvalue weighted by Crippen LogP contribution is 2.46. The number of anilines is 1. The van der Waals surface area contributed by atoms with Crippen LogP contribution < -0.4 is 4.90 Å². The minimum Gasteiger partial charge on any atom is -0.300 e. The van der Waals surface area contributed by atoms with Gasteiger partial charge in [0.05, 0.1) is 16.5 Å². The molecule has 0 unspecified atom stereocenters. The van der Waals surface area contributed by atoms with Crippen LogP contribution in [0.5, 0.6) is 0 Å². The Balaban J connectivity index is 1.62. The number of β-lactam (4-membered cyclic amide) rings is 1. The molecule has 170 valence electrons. The molecule has 34 heavy (non-hydrogen) atoms. The topological polar surface area (TPSA) is 101 Å². The SMILES string of the molecule is Cc1cc(N2C(=O)[C@H](N3C(=O)c4cccc([N+](=O)[O-])c4C3=O)[C@@H]2c2cccc(Br)c2)ccc1Br. The van der Waals surface area contributed by atoms with Crippen LogP contribution >= 0.6 is 31.9 Å². The zero-order chi connectivity index (χ0) is 24.3. The van der Waals surface area contributed by atoms with Crippen molar-refractivity contribution in [3.63, 3.8) is 0 Å². The molecule has 3 aromatic rings. The Labute approximate surface area is 210 Å². The first-order valence-corrected chi connectivity index (χ1v) is 11.8. The molecule has 0 aromatic heterocycles. The Hall–Kier alpha value is -3.37. The second kappa shape index (κ2) is 8.14. The number of hydrogen-bond donors (Lipinski definition) is 0. The molecule has 1 saturated heterocycles. The highest BCUT2D eigenvalue weighted by molar-refractivity contribution is 9.10. The Morgan fingerprint density at radius 3 is 2.29 bits per heavy atom. The van der Waals surface area contributed by atoms with E-state index in [-0.39, 0.29) is 11.1 Å². The zero-order valence-corrected chi connectivity index (χ0v) is 20.7. The number of halogens is 2. The van der Waals surface area contributed by atoms with E-state index in [1.54, 1.807) is 17.0 Å². The third-order valence-electron chi connectivity index (χ3n) is 6.08. The summed E-state index contributed by atoms with van der Waals surface area (Å²) in [5.41, 5.74) is 1.44. The lowest BCUT2D eigenvalue weighted by Gasteiger charge is -2.49. The first-order chi connectivity index (χ1) is 16.2. The van der Waals surface area contributed by atoms with Crippen LogP contribution in [0.1, 0.15) is 37.9 Å². The first-order valence-electron chi connectivity index (χ1n) is 10.2. The molecule has 0 radical (unpaired) electrons. The summed E-state index contributed by atoms with van der Waals surface area (Å²) in [6.45, 7) is 1.90. The fourth-order valence-corrected chi connectivity index (χ4v) is 5.17. The fraction of sp³-hybridized carbons (Fsp3) is 0.125. The van der Waals surface area contributed by atoms with Gasteiger partial charge in [-0.25, -0.2) is 0 Å². The summed E-state index contributed by atoms with van der Waals surface area (Å²) in [5.74, 6) is -1.99. The predicted octanol–water partition coefficient (Wildman–Crippen LogP) is 5.18. The number of fused-ring (bicyclic) bond motifs is 1. The van der Waals surface area contributed by atoms with Crippen LogP contribution in [-0.4, -0.2) is 33.6 Å². The average molecular weight is 585 g/mol. The molecule has 0 aliphatic carbocycles. The molecule has 2 aliphatic rings. The second-order valence-corrected chi connectivity index (χ2v) is 9.79. The molecule has 0 spiro atoms. The maximum absolute atomic E-state index is 13.5. The molecule has 3 amide bonds. The molecule has 0 saturated carbocycles. The van der Waals surface area contributed by atoms with E-state index in [0.29, 0.717) is 11.3 Å². The summed E-state index contributed by atoms with van der Waals surface area (Å²) in [6.07, 6.45) is 0. The number of hydrogen-bond acceptors (Lipinski definition) is 5. The van der Waals surface area contributed by atoms with E-state index in [1.165, 1.54) is 18.2 Å². The van der Waals surface area contributed by atoms with Crippen LogP contribution in [0.25, 0.3) is 0 Å². The van der Waals surface area contributed by atoms with Gasteiger partial charge in [0.25, 0.3) is 23.4 Å². The number of amides is 3. The van der Waals surface area contributed by atoms with E-state index in [9.17, 15) is 24.5 Å². The quantitative estimate of drug-likeness (QED) is 0.182. The van der Waals surface area contributed by atoms with Gasteiger partial charge in [-0.1, -0.05) is 50.1 Å². The second-order valence-electron chi connectivity index (χ2n) is 8.02. The van der Waals surface area contributed by atoms with Gasteiger partial charge < -0.3 is 4.90 Å². The van der Waals surface area contributed by atoms with Gasteiger partial charge in [-0.15, -0.1) is 0 Å². The summed E-state index contributed by atoms with van der Waals surface area (Å²) in [6, 6.07) is 14.8. The van der Waals surface area contributed by atoms with Crippen molar-refractivity contribution in [2.45, 2.75) is 19.0 Å². The molecule has 3 aromatic carbocycles. The molecule has 2 aliphatic heterocycles. The molecule has 5 rings (SSSR count). The highest BCUT2D eigenvalue weighted by atomic mass is 79.9. The molecule has 2 heterocycles. The van der Waals surface area contributed by atoms with E-state index in [2.05, 4.69) is 31.9 Å². The Morgan fingerprint density at radius 1 is 0.882 bits per heavy atom. The van der Waals surface area contributed by atoms with Crippen molar-refractivity contribution in [3.8, 4) is 0 Å². The van der Waals surface area contributed by atoms with E-state index in [1.807, 2.05) is 37.3 Å². The number of imide groups is 1. The van der Waals surface area contributed by atoms with Gasteiger partial charge in [-0.05, 0) is 54.4 Å². The van der Waals surface area contributed by atoms with E-state index < -0.39 is 40.4 Å². The number of aryl methyl sites for hydroxylation is 1. The molecule has 1 fully saturated rings. The average Bonchev–Trinajstić information content (AvgIpc) is 3.05. The van der Waals surface area contributed by atoms with Crippen molar-refractivity contribution in [1.29, 1.82) is 0 Å². The molecular weight excluding hydrogens is 570 g/mol. The normalized spacial score (nSPS) is 19.3. The van der Waals surface area contributed by atoms with Gasteiger partial charge >= 0.3 is 0 Å². The number of carbonyl (C=O) groups is 3. The molecule has 0 N–H and O–H groups in total. The number of nitrogens with zero attached hydrogens (tertiary/aromatic N) is 3. The molecule has 0 bridgehead atoms. The number of nitro groups is 1. The van der Waals surface area contributed by atoms with Gasteiger partial charge in [-0.3, -0.25) is 29.4 Å². The Morgan fingerprint density at radius 2 is 1.62 bits per heavy atom. The lowest BCUT2D eigenvalue weighted by molar-refractivity contribution is -0.385. The first kappa shape index (κ1) is 22.4. The third kappa shape index (κ3) is 3.28. The summed E-state index contributed by atoms with van der Waals surface area (Å²) in [5, 5.41) is 11.5. The van der Waals surface area contributed by atoms with Crippen molar-refractivity contribution in [2.75, 3.05) is 4.90 Å². The van der Waals surface area contributed by atoms with E-state index in [0.717, 1.165) is 19.4 Å². The lowest BCUT2D eigenvalue weighted by Crippen LogP contribution is -2.67.